The predicted molar refractivity (Wildman–Crippen MR) is 119 cm³/mol. The van der Waals surface area contributed by atoms with Crippen LogP contribution in [0.25, 0.3) is 22.3 Å². The third-order valence-electron chi connectivity index (χ3n) is 5.57. The highest BCUT2D eigenvalue weighted by Crippen LogP contribution is 2.33. The standard InChI is InChI=1S/C22H21ClN6O/c1-14-2-5-16(23)12-18(14)28-8-10-29(11-9-28)22-19-20(15-3-6-17(30)7-4-15)26-27-21(19)24-13-25-22/h2-7,12-13,30H,8-11H2,1H3,(H,24,25,26,27). The zero-order valence-electron chi connectivity index (χ0n) is 16.5. The van der Waals surface area contributed by atoms with Crippen molar-refractivity contribution < 1.29 is 5.11 Å². The fraction of sp³-hybridized carbons (Fsp3) is 0.227. The number of aromatic nitrogens is 4. The minimum Gasteiger partial charge on any atom is -0.508 e. The highest BCUT2D eigenvalue weighted by atomic mass is 35.5. The highest BCUT2D eigenvalue weighted by molar-refractivity contribution is 6.30. The lowest BCUT2D eigenvalue weighted by Crippen LogP contribution is -2.47. The summed E-state index contributed by atoms with van der Waals surface area (Å²) in [6.45, 7) is 5.52. The first kappa shape index (κ1) is 18.7. The Hall–Kier alpha value is -3.32. The molecule has 0 unspecified atom stereocenters. The fourth-order valence-electron chi connectivity index (χ4n) is 3.99. The summed E-state index contributed by atoms with van der Waals surface area (Å²) in [6.07, 6.45) is 1.57. The largest absolute Gasteiger partial charge is 0.508 e. The number of halogens is 1. The lowest BCUT2D eigenvalue weighted by molar-refractivity contribution is 0.475. The van der Waals surface area contributed by atoms with Crippen LogP contribution < -0.4 is 9.80 Å². The van der Waals surface area contributed by atoms with Crippen molar-refractivity contribution >= 4 is 34.1 Å². The van der Waals surface area contributed by atoms with E-state index < -0.39 is 0 Å². The molecule has 1 saturated heterocycles. The number of fused-ring (bicyclic) bond motifs is 1. The summed E-state index contributed by atoms with van der Waals surface area (Å²) in [4.78, 5) is 13.6. The van der Waals surface area contributed by atoms with Crippen LogP contribution in [0.1, 0.15) is 5.56 Å². The number of aromatic hydroxyl groups is 1. The summed E-state index contributed by atoms with van der Waals surface area (Å²) in [5, 5.41) is 18.8. The summed E-state index contributed by atoms with van der Waals surface area (Å²) in [7, 11) is 0. The number of H-pyrrole nitrogens is 1. The number of piperazine rings is 1. The smallest absolute Gasteiger partial charge is 0.161 e. The van der Waals surface area contributed by atoms with Gasteiger partial charge in [-0.1, -0.05) is 17.7 Å². The van der Waals surface area contributed by atoms with E-state index in [1.54, 1.807) is 18.5 Å². The third kappa shape index (κ3) is 3.31. The Morgan fingerprint density at radius 1 is 0.967 bits per heavy atom. The van der Waals surface area contributed by atoms with E-state index in [1.807, 2.05) is 24.3 Å². The van der Waals surface area contributed by atoms with Crippen LogP contribution in [-0.4, -0.2) is 51.5 Å². The summed E-state index contributed by atoms with van der Waals surface area (Å²) in [5.74, 6) is 1.10. The molecule has 0 spiro atoms. The number of rotatable bonds is 3. The molecule has 0 saturated carbocycles. The Kier molecular flexibility index (Phi) is 4.67. The molecule has 0 aliphatic carbocycles. The second-order valence-electron chi connectivity index (χ2n) is 7.44. The topological polar surface area (TPSA) is 81.2 Å². The Balaban J connectivity index is 1.45. The lowest BCUT2D eigenvalue weighted by atomic mass is 10.1. The molecule has 1 aliphatic rings. The SMILES string of the molecule is Cc1ccc(Cl)cc1N1CCN(c2ncnc3[nH]nc(-c4ccc(O)cc4)c23)CC1. The number of anilines is 2. The molecular formula is C22H21ClN6O. The summed E-state index contributed by atoms with van der Waals surface area (Å²) >= 11 is 6.22. The van der Waals surface area contributed by atoms with Gasteiger partial charge in [0.25, 0.3) is 0 Å². The summed E-state index contributed by atoms with van der Waals surface area (Å²) < 4.78 is 0. The zero-order chi connectivity index (χ0) is 20.7. The molecule has 30 heavy (non-hydrogen) atoms. The molecule has 2 aromatic heterocycles. The molecule has 2 aromatic carbocycles. The Bertz CT molecular complexity index is 1200. The van der Waals surface area contributed by atoms with Crippen LogP contribution in [0.15, 0.2) is 48.8 Å². The van der Waals surface area contributed by atoms with Gasteiger partial charge in [0, 0.05) is 42.5 Å². The van der Waals surface area contributed by atoms with Crippen LogP contribution in [-0.2, 0) is 0 Å². The lowest BCUT2D eigenvalue weighted by Gasteiger charge is -2.37. The van der Waals surface area contributed by atoms with Crippen molar-refractivity contribution in [2.75, 3.05) is 36.0 Å². The maximum absolute atomic E-state index is 9.61. The second-order valence-corrected chi connectivity index (χ2v) is 7.88. The van der Waals surface area contributed by atoms with Gasteiger partial charge < -0.3 is 14.9 Å². The van der Waals surface area contributed by atoms with Crippen LogP contribution in [0.2, 0.25) is 5.02 Å². The van der Waals surface area contributed by atoms with Gasteiger partial charge in [-0.3, -0.25) is 5.10 Å². The second kappa shape index (κ2) is 7.50. The Labute approximate surface area is 178 Å². The van der Waals surface area contributed by atoms with Gasteiger partial charge in [-0.15, -0.1) is 0 Å². The van der Waals surface area contributed by atoms with Gasteiger partial charge >= 0.3 is 0 Å². The van der Waals surface area contributed by atoms with Gasteiger partial charge in [0.1, 0.15) is 23.6 Å². The number of nitrogens with zero attached hydrogens (tertiary/aromatic N) is 5. The van der Waals surface area contributed by atoms with Gasteiger partial charge in [-0.2, -0.15) is 5.10 Å². The molecule has 7 nitrogen and oxygen atoms in total. The monoisotopic (exact) mass is 420 g/mol. The number of phenols is 1. The average molecular weight is 421 g/mol. The minimum absolute atomic E-state index is 0.225. The number of aromatic amines is 1. The third-order valence-corrected chi connectivity index (χ3v) is 5.80. The van der Waals surface area contributed by atoms with Gasteiger partial charge in [0.2, 0.25) is 0 Å². The van der Waals surface area contributed by atoms with E-state index in [9.17, 15) is 5.11 Å². The van der Waals surface area contributed by atoms with E-state index in [0.717, 1.165) is 53.7 Å². The minimum atomic E-state index is 0.225. The van der Waals surface area contributed by atoms with Gasteiger partial charge in [0.15, 0.2) is 5.65 Å². The van der Waals surface area contributed by atoms with Crippen molar-refractivity contribution in [2.45, 2.75) is 6.92 Å². The molecule has 0 bridgehead atoms. The summed E-state index contributed by atoms with van der Waals surface area (Å²) in [5.41, 5.74) is 4.80. The Morgan fingerprint density at radius 2 is 1.70 bits per heavy atom. The molecule has 1 fully saturated rings. The molecule has 5 rings (SSSR count). The van der Waals surface area contributed by atoms with Crippen molar-refractivity contribution in [3.8, 4) is 17.0 Å². The molecule has 4 aromatic rings. The van der Waals surface area contributed by atoms with Gasteiger partial charge in [0.05, 0.1) is 5.39 Å². The van der Waals surface area contributed by atoms with Crippen molar-refractivity contribution in [1.82, 2.24) is 20.2 Å². The van der Waals surface area contributed by atoms with Crippen LogP contribution >= 0.6 is 11.6 Å². The van der Waals surface area contributed by atoms with Crippen molar-refractivity contribution in [3.63, 3.8) is 0 Å². The maximum Gasteiger partial charge on any atom is 0.161 e. The molecule has 8 heteroatoms. The number of hydrogen-bond acceptors (Lipinski definition) is 6. The van der Waals surface area contributed by atoms with E-state index >= 15 is 0 Å². The Morgan fingerprint density at radius 3 is 2.47 bits per heavy atom. The number of nitrogens with one attached hydrogen (secondary N) is 1. The van der Waals surface area contributed by atoms with Crippen molar-refractivity contribution in [3.05, 3.63) is 59.4 Å². The van der Waals surface area contributed by atoms with Crippen LogP contribution in [0.5, 0.6) is 5.75 Å². The van der Waals surface area contributed by atoms with Crippen LogP contribution in [0.3, 0.4) is 0 Å². The average Bonchev–Trinajstić information content (AvgIpc) is 3.20. The first-order valence-electron chi connectivity index (χ1n) is 9.84. The first-order chi connectivity index (χ1) is 14.6. The first-order valence-corrected chi connectivity index (χ1v) is 10.2. The highest BCUT2D eigenvalue weighted by Gasteiger charge is 2.24. The predicted octanol–water partition coefficient (Wildman–Crippen LogP) is 4.01. The molecule has 1 aliphatic heterocycles. The van der Waals surface area contributed by atoms with E-state index in [1.165, 1.54) is 11.3 Å². The normalized spacial score (nSPS) is 14.5. The number of hydrogen-bond donors (Lipinski definition) is 2. The van der Waals surface area contributed by atoms with Crippen LogP contribution in [0, 0.1) is 6.92 Å². The molecule has 0 radical (unpaired) electrons. The van der Waals surface area contributed by atoms with Gasteiger partial charge in [-0.25, -0.2) is 9.97 Å². The number of benzene rings is 2. The maximum atomic E-state index is 9.61. The van der Waals surface area contributed by atoms with E-state index in [2.05, 4.69) is 43.0 Å². The van der Waals surface area contributed by atoms with E-state index in [0.29, 0.717) is 5.65 Å². The van der Waals surface area contributed by atoms with Crippen molar-refractivity contribution in [1.29, 1.82) is 0 Å². The molecule has 0 atom stereocenters. The number of phenolic OH excluding ortho intramolecular Hbond substituents is 1. The summed E-state index contributed by atoms with van der Waals surface area (Å²) in [6, 6.07) is 13.0. The van der Waals surface area contributed by atoms with Gasteiger partial charge in [-0.05, 0) is 48.9 Å². The molecule has 3 heterocycles. The zero-order valence-corrected chi connectivity index (χ0v) is 17.3. The van der Waals surface area contributed by atoms with Crippen LogP contribution in [0.4, 0.5) is 11.5 Å². The van der Waals surface area contributed by atoms with Crippen molar-refractivity contribution in [2.24, 2.45) is 0 Å². The quantitative estimate of drug-likeness (QED) is 0.521. The molecule has 152 valence electrons. The fourth-order valence-corrected chi connectivity index (χ4v) is 4.16. The van der Waals surface area contributed by atoms with E-state index in [4.69, 9.17) is 11.6 Å². The number of aryl methyl sites for hydroxylation is 1. The molecular weight excluding hydrogens is 400 g/mol. The molecule has 2 N–H and O–H groups in total. The van der Waals surface area contributed by atoms with E-state index in [-0.39, 0.29) is 5.75 Å². The molecule has 0 amide bonds.